The van der Waals surface area contributed by atoms with E-state index in [1.165, 1.54) is 12.1 Å². The lowest BCUT2D eigenvalue weighted by Crippen LogP contribution is -2.40. The van der Waals surface area contributed by atoms with E-state index in [-0.39, 0.29) is 11.4 Å². The predicted molar refractivity (Wildman–Crippen MR) is 154 cm³/mol. The molecule has 1 aliphatic rings. The van der Waals surface area contributed by atoms with Crippen molar-refractivity contribution >= 4 is 11.9 Å². The number of rotatable bonds is 8. The summed E-state index contributed by atoms with van der Waals surface area (Å²) in [6, 6.07) is 22.1. The van der Waals surface area contributed by atoms with Crippen LogP contribution in [0.4, 0.5) is 0 Å². The Labute approximate surface area is 244 Å². The average molecular weight is 568 g/mol. The lowest BCUT2D eigenvalue weighted by atomic mass is 10.2. The van der Waals surface area contributed by atoms with Crippen LogP contribution in [0.15, 0.2) is 79.0 Å². The summed E-state index contributed by atoms with van der Waals surface area (Å²) >= 11 is 0. The lowest BCUT2D eigenvalue weighted by Gasteiger charge is -2.31. The van der Waals surface area contributed by atoms with E-state index in [1.54, 1.807) is 18.3 Å². The molecule has 5 rings (SSSR count). The van der Waals surface area contributed by atoms with Crippen LogP contribution < -0.4 is 0 Å². The maximum Gasteiger partial charge on any atom is 0.354 e. The van der Waals surface area contributed by atoms with Gasteiger partial charge in [-0.3, -0.25) is 24.7 Å². The van der Waals surface area contributed by atoms with Gasteiger partial charge in [-0.2, -0.15) is 0 Å². The Morgan fingerprint density at radius 2 is 1.05 bits per heavy atom. The number of carbonyl (C=O) groups is 2. The van der Waals surface area contributed by atoms with Crippen molar-refractivity contribution in [2.45, 2.75) is 32.7 Å². The standard InChI is InChI=1S/C31H33N7O4/c39-30(40)28-11-4-9-26(34-28)19-36-14-16-37(18-23-6-1-2-13-32-23)20-24-7-3-8-25(33-24)21-38(17-15-36)22-27-10-5-12-29(35-27)31(41)42/h1-13H,14-22H2,(H,39,40)(H,41,42). The zero-order valence-corrected chi connectivity index (χ0v) is 23.2. The van der Waals surface area contributed by atoms with E-state index < -0.39 is 11.9 Å². The summed E-state index contributed by atoms with van der Waals surface area (Å²) in [7, 11) is 0. The molecule has 2 N–H and O–H groups in total. The highest BCUT2D eigenvalue weighted by atomic mass is 16.4. The third-order valence-electron chi connectivity index (χ3n) is 7.04. The van der Waals surface area contributed by atoms with E-state index in [0.29, 0.717) is 63.7 Å². The SMILES string of the molecule is O=C(O)c1cccc(CN2CCN(Cc3ccccn3)Cc3cccc(n3)CN(Cc3cccc(C(=O)O)n3)CC2)n1. The van der Waals surface area contributed by atoms with Crippen LogP contribution in [0.3, 0.4) is 0 Å². The van der Waals surface area contributed by atoms with Crippen LogP contribution in [-0.2, 0) is 32.7 Å². The first-order valence-electron chi connectivity index (χ1n) is 13.8. The number of hydrogen-bond acceptors (Lipinski definition) is 9. The Kier molecular flexibility index (Phi) is 9.55. The highest BCUT2D eigenvalue weighted by Crippen LogP contribution is 2.14. The molecule has 0 radical (unpaired) electrons. The quantitative estimate of drug-likeness (QED) is 0.325. The van der Waals surface area contributed by atoms with Crippen molar-refractivity contribution in [1.82, 2.24) is 34.6 Å². The molecule has 0 amide bonds. The molecule has 11 nitrogen and oxygen atoms in total. The molecule has 4 aromatic rings. The second-order valence-electron chi connectivity index (χ2n) is 10.3. The molecule has 0 fully saturated rings. The second-order valence-corrected chi connectivity index (χ2v) is 10.3. The van der Waals surface area contributed by atoms with E-state index in [9.17, 15) is 19.8 Å². The summed E-state index contributed by atoms with van der Waals surface area (Å²) in [6.07, 6.45) is 1.80. The molecule has 11 heteroatoms. The van der Waals surface area contributed by atoms with E-state index in [2.05, 4.69) is 29.7 Å². The van der Waals surface area contributed by atoms with Gasteiger partial charge < -0.3 is 10.2 Å². The molecule has 4 aromatic heterocycles. The van der Waals surface area contributed by atoms with Crippen LogP contribution in [0.5, 0.6) is 0 Å². The monoisotopic (exact) mass is 567 g/mol. The van der Waals surface area contributed by atoms with Gasteiger partial charge in [0.15, 0.2) is 0 Å². The fraction of sp³-hybridized carbons (Fsp3) is 0.290. The fourth-order valence-electron chi connectivity index (χ4n) is 4.98. The molecule has 0 unspecified atom stereocenters. The van der Waals surface area contributed by atoms with Gasteiger partial charge in [-0.05, 0) is 48.5 Å². The van der Waals surface area contributed by atoms with Crippen LogP contribution in [-0.4, -0.2) is 83.0 Å². The predicted octanol–water partition coefficient (Wildman–Crippen LogP) is 3.18. The van der Waals surface area contributed by atoms with Crippen LogP contribution in [0, 0.1) is 0 Å². The molecular formula is C31H33N7O4. The number of pyridine rings is 4. The molecule has 2 bridgehead atoms. The Bertz CT molecular complexity index is 1520. The van der Waals surface area contributed by atoms with E-state index in [4.69, 9.17) is 4.98 Å². The van der Waals surface area contributed by atoms with Gasteiger partial charge in [0.2, 0.25) is 0 Å². The number of nitrogens with zero attached hydrogens (tertiary/aromatic N) is 7. The van der Waals surface area contributed by atoms with Gasteiger partial charge in [0.25, 0.3) is 0 Å². The van der Waals surface area contributed by atoms with Crippen LogP contribution in [0.25, 0.3) is 0 Å². The third kappa shape index (κ3) is 8.23. The summed E-state index contributed by atoms with van der Waals surface area (Å²) in [4.78, 5) is 48.0. The Morgan fingerprint density at radius 1 is 0.571 bits per heavy atom. The van der Waals surface area contributed by atoms with Crippen LogP contribution in [0.2, 0.25) is 0 Å². The minimum Gasteiger partial charge on any atom is -0.477 e. The Hall–Kier alpha value is -4.58. The summed E-state index contributed by atoms with van der Waals surface area (Å²) in [5.74, 6) is -2.11. The third-order valence-corrected chi connectivity index (χ3v) is 7.04. The van der Waals surface area contributed by atoms with Crippen LogP contribution in [0.1, 0.15) is 49.4 Å². The molecule has 0 aliphatic carbocycles. The zero-order chi connectivity index (χ0) is 29.3. The number of carboxylic acids is 2. The molecule has 42 heavy (non-hydrogen) atoms. The van der Waals surface area contributed by atoms with Gasteiger partial charge in [0, 0.05) is 65.1 Å². The number of fused-ring (bicyclic) bond motifs is 2. The fourth-order valence-corrected chi connectivity index (χ4v) is 4.98. The number of aromatic carboxylic acids is 2. The zero-order valence-electron chi connectivity index (χ0n) is 23.2. The normalized spacial score (nSPS) is 15.4. The van der Waals surface area contributed by atoms with E-state index >= 15 is 0 Å². The molecule has 0 saturated heterocycles. The van der Waals surface area contributed by atoms with Crippen molar-refractivity contribution in [3.05, 3.63) is 119 Å². The van der Waals surface area contributed by atoms with Gasteiger partial charge in [0.05, 0.1) is 28.5 Å². The Morgan fingerprint density at radius 3 is 1.57 bits per heavy atom. The summed E-state index contributed by atoms with van der Waals surface area (Å²) in [5, 5.41) is 18.9. The number of carboxylic acid groups (broad SMARTS) is 2. The van der Waals surface area contributed by atoms with Gasteiger partial charge in [-0.25, -0.2) is 19.6 Å². The summed E-state index contributed by atoms with van der Waals surface area (Å²) < 4.78 is 0. The van der Waals surface area contributed by atoms with Gasteiger partial charge >= 0.3 is 11.9 Å². The average Bonchev–Trinajstić information content (AvgIpc) is 2.99. The molecular weight excluding hydrogens is 534 g/mol. The molecule has 0 saturated carbocycles. The smallest absolute Gasteiger partial charge is 0.354 e. The Balaban J connectivity index is 1.42. The van der Waals surface area contributed by atoms with Crippen molar-refractivity contribution in [1.29, 1.82) is 0 Å². The van der Waals surface area contributed by atoms with Crippen molar-refractivity contribution in [3.63, 3.8) is 0 Å². The minimum atomic E-state index is -1.06. The first-order chi connectivity index (χ1) is 20.4. The van der Waals surface area contributed by atoms with Crippen molar-refractivity contribution < 1.29 is 19.8 Å². The van der Waals surface area contributed by atoms with E-state index in [1.807, 2.05) is 48.5 Å². The molecule has 0 spiro atoms. The molecule has 216 valence electrons. The van der Waals surface area contributed by atoms with Crippen molar-refractivity contribution in [3.8, 4) is 0 Å². The maximum absolute atomic E-state index is 11.5. The van der Waals surface area contributed by atoms with Gasteiger partial charge in [-0.1, -0.05) is 24.3 Å². The largest absolute Gasteiger partial charge is 0.477 e. The van der Waals surface area contributed by atoms with Gasteiger partial charge in [-0.15, -0.1) is 0 Å². The molecule has 1 aliphatic heterocycles. The first kappa shape index (κ1) is 28.9. The first-order valence-corrected chi connectivity index (χ1v) is 13.8. The number of aromatic nitrogens is 4. The molecule has 0 atom stereocenters. The van der Waals surface area contributed by atoms with Gasteiger partial charge in [0.1, 0.15) is 11.4 Å². The topological polar surface area (TPSA) is 136 Å². The highest BCUT2D eigenvalue weighted by molar-refractivity contribution is 5.85. The van der Waals surface area contributed by atoms with Crippen molar-refractivity contribution in [2.75, 3.05) is 26.2 Å². The van der Waals surface area contributed by atoms with Crippen LogP contribution >= 0.6 is 0 Å². The maximum atomic E-state index is 11.5. The van der Waals surface area contributed by atoms with Crippen molar-refractivity contribution in [2.24, 2.45) is 0 Å². The summed E-state index contributed by atoms with van der Waals surface area (Å²) in [5.41, 5.74) is 4.25. The van der Waals surface area contributed by atoms with E-state index in [0.717, 1.165) is 23.6 Å². The number of hydrogen-bond donors (Lipinski definition) is 2. The highest BCUT2D eigenvalue weighted by Gasteiger charge is 2.18. The molecule has 0 aromatic carbocycles. The second kappa shape index (κ2) is 13.9. The molecule has 5 heterocycles. The minimum absolute atomic E-state index is 0.0148. The summed E-state index contributed by atoms with van der Waals surface area (Å²) in [6.45, 7) is 5.61. The lowest BCUT2D eigenvalue weighted by molar-refractivity contribution is 0.0679.